The molecule has 0 atom stereocenters. The van der Waals surface area contributed by atoms with Gasteiger partial charge in [0, 0.05) is 6.42 Å². The summed E-state index contributed by atoms with van der Waals surface area (Å²) in [6, 6.07) is 0. The fourth-order valence-corrected chi connectivity index (χ4v) is 0.844. The van der Waals surface area contributed by atoms with Crippen LogP contribution in [0.25, 0.3) is 0 Å². The lowest BCUT2D eigenvalue weighted by molar-refractivity contribution is -0.116. The van der Waals surface area contributed by atoms with Gasteiger partial charge >= 0.3 is 0 Å². The van der Waals surface area contributed by atoms with Gasteiger partial charge in [-0.3, -0.25) is 4.79 Å². The summed E-state index contributed by atoms with van der Waals surface area (Å²) in [6.45, 7) is 0.717. The number of rotatable bonds is 6. The maximum absolute atomic E-state index is 10.6. The van der Waals surface area contributed by atoms with Crippen LogP contribution in [0.1, 0.15) is 25.7 Å². The second kappa shape index (κ2) is 7.03. The normalized spacial score (nSPS) is 9.80. The summed E-state index contributed by atoms with van der Waals surface area (Å²) in [5.74, 6) is 0.293. The van der Waals surface area contributed by atoms with E-state index in [4.69, 9.17) is 17.3 Å². The molecule has 0 fully saturated rings. The zero-order valence-corrected chi connectivity index (χ0v) is 6.86. The highest BCUT2D eigenvalue weighted by Gasteiger charge is 1.97. The van der Waals surface area contributed by atoms with Gasteiger partial charge in [-0.2, -0.15) is 0 Å². The Bertz CT molecular complexity index is 95.6. The molecule has 0 spiro atoms. The van der Waals surface area contributed by atoms with Crippen LogP contribution in [0.4, 0.5) is 0 Å². The van der Waals surface area contributed by atoms with Crippen LogP contribution in [0.2, 0.25) is 0 Å². The maximum Gasteiger partial charge on any atom is 0.147 e. The highest BCUT2D eigenvalue weighted by molar-refractivity contribution is 6.27. The monoisotopic (exact) mass is 163 g/mol. The third kappa shape index (κ3) is 6.05. The third-order valence-electron chi connectivity index (χ3n) is 1.31. The van der Waals surface area contributed by atoms with Crippen LogP contribution in [0.5, 0.6) is 0 Å². The number of Topliss-reactive ketones (excluding diaryl/α,β-unsaturated/α-hetero) is 1. The molecule has 0 aliphatic heterocycles. The number of hydrogen-bond acceptors (Lipinski definition) is 2. The first kappa shape index (κ1) is 9.92. The molecule has 0 amide bonds. The Hall–Kier alpha value is -0.0800. The smallest absolute Gasteiger partial charge is 0.147 e. The van der Waals surface area contributed by atoms with Crippen molar-refractivity contribution in [1.82, 2.24) is 0 Å². The van der Waals surface area contributed by atoms with Crippen molar-refractivity contribution in [2.24, 2.45) is 5.73 Å². The molecule has 0 aromatic rings. The van der Waals surface area contributed by atoms with Gasteiger partial charge in [0.15, 0.2) is 0 Å². The third-order valence-corrected chi connectivity index (χ3v) is 1.61. The van der Waals surface area contributed by atoms with Crippen LogP contribution in [0.15, 0.2) is 0 Å². The minimum atomic E-state index is 0.138. The maximum atomic E-state index is 10.6. The summed E-state index contributed by atoms with van der Waals surface area (Å²) in [6.07, 6.45) is 3.60. The van der Waals surface area contributed by atoms with E-state index in [9.17, 15) is 4.79 Å². The number of hydrogen-bond donors (Lipinski definition) is 1. The molecule has 0 aromatic carbocycles. The van der Waals surface area contributed by atoms with Gasteiger partial charge in [0.1, 0.15) is 5.78 Å². The standard InChI is InChI=1S/C7H14ClNO/c8-6-7(10)4-2-1-3-5-9/h1-6,9H2. The van der Waals surface area contributed by atoms with E-state index in [1.165, 1.54) is 0 Å². The average Bonchev–Trinajstić information content (AvgIpc) is 1.98. The van der Waals surface area contributed by atoms with E-state index in [1.54, 1.807) is 0 Å². The number of alkyl halides is 1. The molecule has 0 aromatic heterocycles. The second-order valence-corrected chi connectivity index (χ2v) is 2.54. The molecule has 3 heteroatoms. The Balaban J connectivity index is 2.96. The van der Waals surface area contributed by atoms with Crippen molar-refractivity contribution in [3.63, 3.8) is 0 Å². The lowest BCUT2D eigenvalue weighted by atomic mass is 10.1. The minimum Gasteiger partial charge on any atom is -0.330 e. The van der Waals surface area contributed by atoms with E-state index < -0.39 is 0 Å². The molecule has 60 valence electrons. The van der Waals surface area contributed by atoms with E-state index in [1.807, 2.05) is 0 Å². The van der Waals surface area contributed by atoms with Crippen molar-refractivity contribution in [2.75, 3.05) is 12.4 Å². The summed E-state index contributed by atoms with van der Waals surface area (Å²) in [5, 5.41) is 0. The highest BCUT2D eigenvalue weighted by atomic mass is 35.5. The molecule has 0 saturated heterocycles. The lowest BCUT2D eigenvalue weighted by Crippen LogP contribution is -2.01. The first-order valence-corrected chi connectivity index (χ1v) is 4.12. The highest BCUT2D eigenvalue weighted by Crippen LogP contribution is 1.99. The fourth-order valence-electron chi connectivity index (χ4n) is 0.710. The molecule has 0 unspecified atom stereocenters. The van der Waals surface area contributed by atoms with Crippen LogP contribution in [-0.4, -0.2) is 18.2 Å². The number of halogens is 1. The minimum absolute atomic E-state index is 0.138. The summed E-state index contributed by atoms with van der Waals surface area (Å²) in [5.41, 5.74) is 5.27. The Morgan fingerprint density at radius 2 is 2.00 bits per heavy atom. The van der Waals surface area contributed by atoms with Gasteiger partial charge in [-0.1, -0.05) is 6.42 Å². The van der Waals surface area contributed by atoms with Crippen molar-refractivity contribution in [3.05, 3.63) is 0 Å². The van der Waals surface area contributed by atoms with Crippen molar-refractivity contribution in [1.29, 1.82) is 0 Å². The van der Waals surface area contributed by atoms with E-state index in [0.717, 1.165) is 25.8 Å². The Morgan fingerprint density at radius 3 is 2.50 bits per heavy atom. The molecule has 0 saturated carbocycles. The van der Waals surface area contributed by atoms with E-state index >= 15 is 0 Å². The second-order valence-electron chi connectivity index (χ2n) is 2.27. The number of carbonyl (C=O) groups is 1. The van der Waals surface area contributed by atoms with Gasteiger partial charge in [0.25, 0.3) is 0 Å². The first-order chi connectivity index (χ1) is 4.81. The van der Waals surface area contributed by atoms with Gasteiger partial charge in [0.2, 0.25) is 0 Å². The van der Waals surface area contributed by atoms with Gasteiger partial charge in [-0.15, -0.1) is 11.6 Å². The number of nitrogens with two attached hydrogens (primary N) is 1. The predicted octanol–water partition coefficient (Wildman–Crippen LogP) is 1.31. The van der Waals surface area contributed by atoms with Crippen molar-refractivity contribution in [3.8, 4) is 0 Å². The molecule has 0 radical (unpaired) electrons. The van der Waals surface area contributed by atoms with Crippen LogP contribution >= 0.6 is 11.6 Å². The average molecular weight is 164 g/mol. The van der Waals surface area contributed by atoms with Gasteiger partial charge in [-0.25, -0.2) is 0 Å². The molecular formula is C7H14ClNO. The van der Waals surface area contributed by atoms with Crippen LogP contribution < -0.4 is 5.73 Å². The predicted molar refractivity (Wildman–Crippen MR) is 43.2 cm³/mol. The molecule has 2 nitrogen and oxygen atoms in total. The van der Waals surface area contributed by atoms with Crippen LogP contribution in [0, 0.1) is 0 Å². The largest absolute Gasteiger partial charge is 0.330 e. The van der Waals surface area contributed by atoms with Crippen LogP contribution in [0.3, 0.4) is 0 Å². The Kier molecular flexibility index (Phi) is 6.98. The van der Waals surface area contributed by atoms with E-state index in [-0.39, 0.29) is 11.7 Å². The molecule has 10 heavy (non-hydrogen) atoms. The zero-order chi connectivity index (χ0) is 7.82. The Labute approximate surface area is 66.7 Å². The van der Waals surface area contributed by atoms with Crippen LogP contribution in [-0.2, 0) is 4.79 Å². The number of ketones is 1. The fraction of sp³-hybridized carbons (Fsp3) is 0.857. The molecule has 0 aliphatic carbocycles. The topological polar surface area (TPSA) is 43.1 Å². The van der Waals surface area contributed by atoms with Crippen molar-refractivity contribution in [2.45, 2.75) is 25.7 Å². The summed E-state index contributed by atoms with van der Waals surface area (Å²) in [4.78, 5) is 10.6. The molecule has 0 rings (SSSR count). The summed E-state index contributed by atoms with van der Waals surface area (Å²) in [7, 11) is 0. The lowest BCUT2D eigenvalue weighted by Gasteiger charge is -1.95. The van der Waals surface area contributed by atoms with Crippen molar-refractivity contribution < 1.29 is 4.79 Å². The molecule has 0 heterocycles. The van der Waals surface area contributed by atoms with E-state index in [2.05, 4.69) is 0 Å². The molecule has 0 aliphatic rings. The van der Waals surface area contributed by atoms with Gasteiger partial charge in [0.05, 0.1) is 5.88 Å². The van der Waals surface area contributed by atoms with Gasteiger partial charge < -0.3 is 5.73 Å². The molecule has 2 N–H and O–H groups in total. The van der Waals surface area contributed by atoms with Gasteiger partial charge in [-0.05, 0) is 19.4 Å². The first-order valence-electron chi connectivity index (χ1n) is 3.59. The molecule has 0 bridgehead atoms. The zero-order valence-electron chi connectivity index (χ0n) is 6.11. The summed E-state index contributed by atoms with van der Waals surface area (Å²) < 4.78 is 0. The summed E-state index contributed by atoms with van der Waals surface area (Å²) >= 11 is 5.29. The van der Waals surface area contributed by atoms with Crippen molar-refractivity contribution >= 4 is 17.4 Å². The van der Waals surface area contributed by atoms with E-state index in [0.29, 0.717) is 6.42 Å². The molecular weight excluding hydrogens is 150 g/mol. The number of unbranched alkanes of at least 4 members (excludes halogenated alkanes) is 2. The quantitative estimate of drug-likeness (QED) is 0.474. The number of carbonyl (C=O) groups excluding carboxylic acids is 1. The SMILES string of the molecule is NCCCCCC(=O)CCl. The Morgan fingerprint density at radius 1 is 1.30 bits per heavy atom.